The molecule has 6 heteroatoms. The summed E-state index contributed by atoms with van der Waals surface area (Å²) in [5.41, 5.74) is 1.49. The second-order valence-electron chi connectivity index (χ2n) is 4.92. The fourth-order valence-electron chi connectivity index (χ4n) is 2.13. The minimum absolute atomic E-state index is 0.163. The van der Waals surface area contributed by atoms with E-state index in [2.05, 4.69) is 4.72 Å². The van der Waals surface area contributed by atoms with Gasteiger partial charge in [-0.3, -0.25) is 0 Å². The summed E-state index contributed by atoms with van der Waals surface area (Å²) < 4.78 is 45.3. The molecule has 0 radical (unpaired) electrons. The highest BCUT2D eigenvalue weighted by Gasteiger charge is 2.14. The quantitative estimate of drug-likeness (QED) is 0.889. The zero-order chi connectivity index (χ0) is 16.2. The van der Waals surface area contributed by atoms with Crippen molar-refractivity contribution in [2.24, 2.45) is 0 Å². The van der Waals surface area contributed by atoms with Crippen LogP contribution in [0.5, 0.6) is 5.75 Å². The van der Waals surface area contributed by atoms with E-state index in [1.165, 1.54) is 31.4 Å². The molecule has 1 N–H and O–H groups in total. The van der Waals surface area contributed by atoms with Gasteiger partial charge in [-0.25, -0.2) is 17.5 Å². The first-order chi connectivity index (χ1) is 10.4. The van der Waals surface area contributed by atoms with Crippen molar-refractivity contribution < 1.29 is 17.5 Å². The van der Waals surface area contributed by atoms with Crippen LogP contribution in [0, 0.1) is 12.7 Å². The summed E-state index contributed by atoms with van der Waals surface area (Å²) >= 11 is 0. The van der Waals surface area contributed by atoms with Gasteiger partial charge in [0.15, 0.2) is 0 Å². The number of aryl methyl sites for hydroxylation is 1. The minimum Gasteiger partial charge on any atom is -0.496 e. The van der Waals surface area contributed by atoms with Gasteiger partial charge in [-0.05, 0) is 54.8 Å². The third kappa shape index (κ3) is 4.05. The van der Waals surface area contributed by atoms with Crippen LogP contribution in [0.2, 0.25) is 0 Å². The minimum atomic E-state index is -3.57. The molecule has 0 spiro atoms. The van der Waals surface area contributed by atoms with Gasteiger partial charge in [0, 0.05) is 6.54 Å². The summed E-state index contributed by atoms with van der Waals surface area (Å²) in [6.45, 7) is 1.99. The summed E-state index contributed by atoms with van der Waals surface area (Å²) in [6, 6.07) is 10.8. The summed E-state index contributed by atoms with van der Waals surface area (Å²) in [7, 11) is -2.07. The van der Waals surface area contributed by atoms with Crippen molar-refractivity contribution in [3.05, 3.63) is 59.4 Å². The van der Waals surface area contributed by atoms with Crippen molar-refractivity contribution in [3.8, 4) is 5.75 Å². The van der Waals surface area contributed by atoms with Gasteiger partial charge in [0.2, 0.25) is 10.0 Å². The van der Waals surface area contributed by atoms with E-state index in [1.54, 1.807) is 12.1 Å². The molecule has 2 aromatic rings. The van der Waals surface area contributed by atoms with Crippen LogP contribution in [0.3, 0.4) is 0 Å². The molecular formula is C16H18FNO3S. The monoisotopic (exact) mass is 323 g/mol. The van der Waals surface area contributed by atoms with Crippen molar-refractivity contribution in [2.45, 2.75) is 18.2 Å². The van der Waals surface area contributed by atoms with Crippen molar-refractivity contribution >= 4 is 10.0 Å². The normalized spacial score (nSPS) is 11.4. The molecular weight excluding hydrogens is 305 g/mol. The summed E-state index contributed by atoms with van der Waals surface area (Å²) in [5, 5.41) is 0. The third-order valence-electron chi connectivity index (χ3n) is 3.23. The van der Waals surface area contributed by atoms with Crippen molar-refractivity contribution in [1.29, 1.82) is 0 Å². The molecule has 0 atom stereocenters. The predicted molar refractivity (Wildman–Crippen MR) is 83.0 cm³/mol. The lowest BCUT2D eigenvalue weighted by molar-refractivity contribution is 0.408. The molecule has 0 saturated heterocycles. The molecule has 0 saturated carbocycles. The average Bonchev–Trinajstić information content (AvgIpc) is 2.47. The molecule has 0 fully saturated rings. The van der Waals surface area contributed by atoms with Crippen LogP contribution in [0.15, 0.2) is 47.4 Å². The number of hydrogen-bond acceptors (Lipinski definition) is 3. The van der Waals surface area contributed by atoms with Gasteiger partial charge in [-0.2, -0.15) is 0 Å². The molecule has 0 bridgehead atoms. The summed E-state index contributed by atoms with van der Waals surface area (Å²) in [4.78, 5) is 0.221. The molecule has 0 amide bonds. The Morgan fingerprint density at radius 2 is 1.95 bits per heavy atom. The maximum absolute atomic E-state index is 13.3. The van der Waals surface area contributed by atoms with Gasteiger partial charge >= 0.3 is 0 Å². The van der Waals surface area contributed by atoms with Crippen LogP contribution in [-0.4, -0.2) is 22.1 Å². The largest absolute Gasteiger partial charge is 0.496 e. The molecule has 0 aliphatic carbocycles. The van der Waals surface area contributed by atoms with Crippen LogP contribution < -0.4 is 9.46 Å². The van der Waals surface area contributed by atoms with Crippen LogP contribution in [0.25, 0.3) is 0 Å². The number of benzene rings is 2. The molecule has 2 rings (SSSR count). The fourth-order valence-corrected chi connectivity index (χ4v) is 3.26. The van der Waals surface area contributed by atoms with Crippen LogP contribution in [0.4, 0.5) is 4.39 Å². The molecule has 0 aliphatic heterocycles. The maximum atomic E-state index is 13.3. The van der Waals surface area contributed by atoms with Gasteiger partial charge < -0.3 is 4.74 Å². The number of halogens is 1. The van der Waals surface area contributed by atoms with Gasteiger partial charge in [0.25, 0.3) is 0 Å². The van der Waals surface area contributed by atoms with E-state index in [9.17, 15) is 12.8 Å². The highest BCUT2D eigenvalue weighted by atomic mass is 32.2. The topological polar surface area (TPSA) is 55.4 Å². The molecule has 0 aliphatic rings. The Morgan fingerprint density at radius 1 is 1.18 bits per heavy atom. The number of ether oxygens (including phenoxy) is 1. The second-order valence-corrected chi connectivity index (χ2v) is 6.69. The maximum Gasteiger partial charge on any atom is 0.240 e. The van der Waals surface area contributed by atoms with Crippen molar-refractivity contribution in [1.82, 2.24) is 4.72 Å². The van der Waals surface area contributed by atoms with E-state index in [4.69, 9.17) is 4.74 Å². The van der Waals surface area contributed by atoms with E-state index in [-0.39, 0.29) is 17.3 Å². The van der Waals surface area contributed by atoms with Crippen molar-refractivity contribution in [3.63, 3.8) is 0 Å². The van der Waals surface area contributed by atoms with Crippen LogP contribution in [0.1, 0.15) is 11.1 Å². The van der Waals surface area contributed by atoms with Gasteiger partial charge in [0.05, 0.1) is 12.0 Å². The zero-order valence-electron chi connectivity index (χ0n) is 12.5. The average molecular weight is 323 g/mol. The molecule has 22 heavy (non-hydrogen) atoms. The Morgan fingerprint density at radius 3 is 2.64 bits per heavy atom. The number of hydrogen-bond donors (Lipinski definition) is 1. The SMILES string of the molecule is COc1ccc(F)cc1CCNS(=O)(=O)c1cccc(C)c1. The Labute approximate surface area is 130 Å². The van der Waals surface area contributed by atoms with Gasteiger partial charge in [-0.15, -0.1) is 0 Å². The molecule has 2 aromatic carbocycles. The molecule has 118 valence electrons. The standard InChI is InChI=1S/C16H18FNO3S/c1-12-4-3-5-15(10-12)22(19,20)18-9-8-13-11-14(17)6-7-16(13)21-2/h3-7,10-11,18H,8-9H2,1-2H3. The van der Waals surface area contributed by atoms with Gasteiger partial charge in [-0.1, -0.05) is 12.1 Å². The van der Waals surface area contributed by atoms with E-state index in [0.717, 1.165) is 5.56 Å². The predicted octanol–water partition coefficient (Wildman–Crippen LogP) is 2.66. The van der Waals surface area contributed by atoms with Crippen molar-refractivity contribution in [2.75, 3.05) is 13.7 Å². The Kier molecular flexibility index (Phi) is 5.15. The first kappa shape index (κ1) is 16.5. The highest BCUT2D eigenvalue weighted by molar-refractivity contribution is 7.89. The third-order valence-corrected chi connectivity index (χ3v) is 4.69. The first-order valence-electron chi connectivity index (χ1n) is 6.81. The summed E-state index contributed by atoms with van der Waals surface area (Å²) in [5.74, 6) is 0.161. The van der Waals surface area contributed by atoms with Gasteiger partial charge in [0.1, 0.15) is 11.6 Å². The number of rotatable bonds is 6. The van der Waals surface area contributed by atoms with Crippen LogP contribution >= 0.6 is 0 Å². The van der Waals surface area contributed by atoms with Crippen LogP contribution in [-0.2, 0) is 16.4 Å². The highest BCUT2D eigenvalue weighted by Crippen LogP contribution is 2.19. The zero-order valence-corrected chi connectivity index (χ0v) is 13.3. The van der Waals surface area contributed by atoms with E-state index < -0.39 is 10.0 Å². The molecule has 0 unspecified atom stereocenters. The van der Waals surface area contributed by atoms with E-state index in [0.29, 0.717) is 17.7 Å². The molecule has 0 aromatic heterocycles. The smallest absolute Gasteiger partial charge is 0.240 e. The number of nitrogens with one attached hydrogen (secondary N) is 1. The Bertz CT molecular complexity index is 760. The lowest BCUT2D eigenvalue weighted by Gasteiger charge is -2.10. The Balaban J connectivity index is 2.06. The second kappa shape index (κ2) is 6.89. The number of sulfonamides is 1. The first-order valence-corrected chi connectivity index (χ1v) is 8.29. The summed E-state index contributed by atoms with van der Waals surface area (Å²) in [6.07, 6.45) is 0.339. The molecule has 0 heterocycles. The number of methoxy groups -OCH3 is 1. The lowest BCUT2D eigenvalue weighted by atomic mass is 10.1. The van der Waals surface area contributed by atoms with E-state index in [1.807, 2.05) is 13.0 Å². The lowest BCUT2D eigenvalue weighted by Crippen LogP contribution is -2.26. The molecule has 4 nitrogen and oxygen atoms in total. The van der Waals surface area contributed by atoms with E-state index >= 15 is 0 Å². The fraction of sp³-hybridized carbons (Fsp3) is 0.250. The Hall–Kier alpha value is -1.92.